The first-order valence-electron chi connectivity index (χ1n) is 7.36. The molecule has 0 aromatic carbocycles. The maximum Gasteiger partial charge on any atom is 0.226 e. The molecule has 4 heteroatoms. The van der Waals surface area contributed by atoms with E-state index in [1.54, 1.807) is 0 Å². The van der Waals surface area contributed by atoms with E-state index in [1.807, 2.05) is 0 Å². The van der Waals surface area contributed by atoms with E-state index in [2.05, 4.69) is 17.1 Å². The first-order valence-corrected chi connectivity index (χ1v) is 7.36. The molecule has 0 aliphatic heterocycles. The second kappa shape index (κ2) is 6.88. The van der Waals surface area contributed by atoms with Gasteiger partial charge < -0.3 is 10.3 Å². The smallest absolute Gasteiger partial charge is 0.226 e. The van der Waals surface area contributed by atoms with Crippen LogP contribution in [0.1, 0.15) is 69.5 Å². The van der Waals surface area contributed by atoms with Crippen LogP contribution in [0, 0.1) is 5.92 Å². The molecule has 0 bridgehead atoms. The van der Waals surface area contributed by atoms with Crippen LogP contribution in [-0.2, 0) is 6.42 Å². The van der Waals surface area contributed by atoms with Crippen LogP contribution >= 0.6 is 0 Å². The van der Waals surface area contributed by atoms with Crippen molar-refractivity contribution in [3.05, 3.63) is 11.7 Å². The van der Waals surface area contributed by atoms with E-state index in [1.165, 1.54) is 32.1 Å². The minimum absolute atomic E-state index is 0.528. The van der Waals surface area contributed by atoms with Crippen LogP contribution in [0.15, 0.2) is 4.52 Å². The molecule has 0 unspecified atom stereocenters. The van der Waals surface area contributed by atoms with Crippen molar-refractivity contribution in [2.45, 2.75) is 64.2 Å². The van der Waals surface area contributed by atoms with E-state index in [0.29, 0.717) is 5.92 Å². The van der Waals surface area contributed by atoms with Gasteiger partial charge in [0.1, 0.15) is 0 Å². The van der Waals surface area contributed by atoms with Crippen molar-refractivity contribution in [2.24, 2.45) is 11.7 Å². The van der Waals surface area contributed by atoms with Crippen LogP contribution in [0.4, 0.5) is 0 Å². The number of rotatable bonds is 6. The fourth-order valence-electron chi connectivity index (χ4n) is 2.78. The van der Waals surface area contributed by atoms with Gasteiger partial charge in [0.05, 0.1) is 0 Å². The largest absolute Gasteiger partial charge is 0.339 e. The third-order valence-corrected chi connectivity index (χ3v) is 4.12. The molecule has 2 rings (SSSR count). The topological polar surface area (TPSA) is 64.9 Å². The second-order valence-corrected chi connectivity index (χ2v) is 5.42. The van der Waals surface area contributed by atoms with E-state index in [4.69, 9.17) is 10.3 Å². The minimum Gasteiger partial charge on any atom is -0.339 e. The maximum absolute atomic E-state index is 5.47. The van der Waals surface area contributed by atoms with Crippen LogP contribution in [0.5, 0.6) is 0 Å². The van der Waals surface area contributed by atoms with Crippen molar-refractivity contribution in [2.75, 3.05) is 6.54 Å². The summed E-state index contributed by atoms with van der Waals surface area (Å²) in [6.07, 6.45) is 9.33. The number of hydrogen-bond donors (Lipinski definition) is 1. The predicted molar refractivity (Wildman–Crippen MR) is 71.3 cm³/mol. The van der Waals surface area contributed by atoms with E-state index in [-0.39, 0.29) is 0 Å². The summed E-state index contributed by atoms with van der Waals surface area (Å²) in [5, 5.41) is 4.15. The van der Waals surface area contributed by atoms with Crippen LogP contribution < -0.4 is 5.73 Å². The highest BCUT2D eigenvalue weighted by Crippen LogP contribution is 2.35. The zero-order valence-corrected chi connectivity index (χ0v) is 11.4. The van der Waals surface area contributed by atoms with Crippen molar-refractivity contribution in [1.82, 2.24) is 10.1 Å². The lowest BCUT2D eigenvalue weighted by molar-refractivity contribution is 0.303. The Balaban J connectivity index is 1.82. The van der Waals surface area contributed by atoms with E-state index >= 15 is 0 Å². The Morgan fingerprint density at radius 2 is 2.00 bits per heavy atom. The lowest BCUT2D eigenvalue weighted by Gasteiger charge is -2.25. The Morgan fingerprint density at radius 3 is 2.67 bits per heavy atom. The fourth-order valence-corrected chi connectivity index (χ4v) is 2.78. The van der Waals surface area contributed by atoms with Gasteiger partial charge in [-0.25, -0.2) is 0 Å². The van der Waals surface area contributed by atoms with E-state index in [9.17, 15) is 0 Å². The molecule has 0 radical (unpaired) electrons. The summed E-state index contributed by atoms with van der Waals surface area (Å²) in [4.78, 5) is 4.54. The van der Waals surface area contributed by atoms with Gasteiger partial charge in [-0.3, -0.25) is 0 Å². The molecule has 4 nitrogen and oxygen atoms in total. The molecule has 102 valence electrons. The molecule has 1 saturated carbocycles. The number of hydrogen-bond acceptors (Lipinski definition) is 4. The fraction of sp³-hybridized carbons (Fsp3) is 0.857. The molecular formula is C14H25N3O. The normalized spacial score (nSPS) is 24.3. The zero-order chi connectivity index (χ0) is 12.8. The number of aromatic nitrogens is 2. The Morgan fingerprint density at radius 1 is 1.22 bits per heavy atom. The highest BCUT2D eigenvalue weighted by atomic mass is 16.5. The van der Waals surface area contributed by atoms with Gasteiger partial charge in [0.25, 0.3) is 0 Å². The van der Waals surface area contributed by atoms with E-state index in [0.717, 1.165) is 43.4 Å². The monoisotopic (exact) mass is 251 g/mol. The molecule has 1 aromatic rings. The van der Waals surface area contributed by atoms with Crippen molar-refractivity contribution in [1.29, 1.82) is 0 Å². The van der Waals surface area contributed by atoms with Gasteiger partial charge in [0.2, 0.25) is 5.89 Å². The van der Waals surface area contributed by atoms with Crippen LogP contribution in [0.25, 0.3) is 0 Å². The van der Waals surface area contributed by atoms with Gasteiger partial charge in [-0.2, -0.15) is 4.98 Å². The number of nitrogens with two attached hydrogens (primary N) is 1. The molecular weight excluding hydrogens is 226 g/mol. The Bertz CT molecular complexity index is 343. The lowest BCUT2D eigenvalue weighted by atomic mass is 9.80. The second-order valence-electron chi connectivity index (χ2n) is 5.42. The quantitative estimate of drug-likeness (QED) is 0.789. The summed E-state index contributed by atoms with van der Waals surface area (Å²) in [7, 11) is 0. The summed E-state index contributed by atoms with van der Waals surface area (Å²) < 4.78 is 5.32. The van der Waals surface area contributed by atoms with Crippen molar-refractivity contribution in [3.63, 3.8) is 0 Å². The van der Waals surface area contributed by atoms with Crippen LogP contribution in [0.2, 0.25) is 0 Å². The first-order chi connectivity index (χ1) is 8.83. The van der Waals surface area contributed by atoms with Crippen LogP contribution in [0.3, 0.4) is 0 Å². The van der Waals surface area contributed by atoms with E-state index < -0.39 is 0 Å². The molecule has 1 fully saturated rings. The highest BCUT2D eigenvalue weighted by Gasteiger charge is 2.24. The molecule has 1 heterocycles. The third kappa shape index (κ3) is 3.55. The average Bonchev–Trinajstić information content (AvgIpc) is 2.88. The highest BCUT2D eigenvalue weighted by molar-refractivity contribution is 4.97. The zero-order valence-electron chi connectivity index (χ0n) is 11.4. The number of nitrogens with zero attached hydrogens (tertiary/aromatic N) is 2. The van der Waals surface area contributed by atoms with Gasteiger partial charge in [0, 0.05) is 12.3 Å². The minimum atomic E-state index is 0.528. The Labute approximate surface area is 109 Å². The molecule has 0 atom stereocenters. The molecule has 1 aliphatic carbocycles. The molecule has 0 saturated heterocycles. The summed E-state index contributed by atoms with van der Waals surface area (Å²) in [5.41, 5.74) is 5.47. The standard InChI is InChI=1S/C14H25N3O/c1-2-11-6-8-12(9-7-11)14-16-13(18-17-14)5-3-4-10-15/h11-12H,2-10,15H2,1H3. The van der Waals surface area contributed by atoms with Gasteiger partial charge in [-0.05, 0) is 51.0 Å². The van der Waals surface area contributed by atoms with Crippen LogP contribution in [-0.4, -0.2) is 16.7 Å². The third-order valence-electron chi connectivity index (χ3n) is 4.12. The van der Waals surface area contributed by atoms with Gasteiger partial charge in [-0.15, -0.1) is 0 Å². The SMILES string of the molecule is CCC1CCC(c2noc(CCCCN)n2)CC1. The van der Waals surface area contributed by atoms with Gasteiger partial charge in [0.15, 0.2) is 5.82 Å². The number of unbranched alkanes of at least 4 members (excludes halogenated alkanes) is 1. The molecule has 1 aromatic heterocycles. The molecule has 1 aliphatic rings. The maximum atomic E-state index is 5.47. The Kier molecular flexibility index (Phi) is 5.17. The van der Waals surface area contributed by atoms with Crippen molar-refractivity contribution >= 4 is 0 Å². The van der Waals surface area contributed by atoms with Crippen molar-refractivity contribution < 1.29 is 4.52 Å². The van der Waals surface area contributed by atoms with Crippen molar-refractivity contribution in [3.8, 4) is 0 Å². The summed E-state index contributed by atoms with van der Waals surface area (Å²) >= 11 is 0. The first kappa shape index (κ1) is 13.5. The van der Waals surface area contributed by atoms with Gasteiger partial charge >= 0.3 is 0 Å². The van der Waals surface area contributed by atoms with Gasteiger partial charge in [-0.1, -0.05) is 18.5 Å². The molecule has 18 heavy (non-hydrogen) atoms. The lowest BCUT2D eigenvalue weighted by Crippen LogP contribution is -2.13. The molecule has 0 amide bonds. The summed E-state index contributed by atoms with van der Waals surface area (Å²) in [6, 6.07) is 0. The number of aryl methyl sites for hydroxylation is 1. The molecule has 2 N–H and O–H groups in total. The molecule has 0 spiro atoms. The average molecular weight is 251 g/mol. The predicted octanol–water partition coefficient (Wildman–Crippen LogP) is 3.03. The summed E-state index contributed by atoms with van der Waals surface area (Å²) in [6.45, 7) is 3.02. The summed E-state index contributed by atoms with van der Waals surface area (Å²) in [5.74, 6) is 3.17. The Hall–Kier alpha value is -0.900.